The molecule has 0 aliphatic carbocycles. The molecule has 4 heteroatoms. The first-order valence-electron chi connectivity index (χ1n) is 6.05. The van der Waals surface area contributed by atoms with Gasteiger partial charge in [0.25, 0.3) is 0 Å². The number of allylic oxidation sites excluding steroid dienone is 1. The van der Waals surface area contributed by atoms with Crippen LogP contribution in [0, 0.1) is 6.92 Å². The molecule has 0 unspecified atom stereocenters. The Kier molecular flexibility index (Phi) is 4.83. The molecule has 0 aliphatic heterocycles. The van der Waals surface area contributed by atoms with Crippen LogP contribution >= 0.6 is 23.2 Å². The van der Waals surface area contributed by atoms with Gasteiger partial charge < -0.3 is 5.32 Å². The maximum absolute atomic E-state index is 11.9. The number of carbonyl (C=O) groups excluding carboxylic acids is 1. The van der Waals surface area contributed by atoms with E-state index in [9.17, 15) is 4.79 Å². The summed E-state index contributed by atoms with van der Waals surface area (Å²) in [4.78, 5) is 11.9. The Morgan fingerprint density at radius 1 is 1.10 bits per heavy atom. The fourth-order valence-electron chi connectivity index (χ4n) is 1.63. The first-order valence-corrected chi connectivity index (χ1v) is 6.81. The summed E-state index contributed by atoms with van der Waals surface area (Å²) in [6.07, 6.45) is 3.03. The number of hydrogen-bond donors (Lipinski definition) is 1. The van der Waals surface area contributed by atoms with E-state index in [-0.39, 0.29) is 5.78 Å². The molecular formula is C16H13Cl2NO. The summed E-state index contributed by atoms with van der Waals surface area (Å²) in [5, 5.41) is 4.03. The molecular weight excluding hydrogens is 293 g/mol. The zero-order chi connectivity index (χ0) is 14.5. The smallest absolute Gasteiger partial charge is 0.187 e. The van der Waals surface area contributed by atoms with Gasteiger partial charge in [-0.05, 0) is 25.1 Å². The molecule has 0 heterocycles. The molecule has 0 saturated heterocycles. The van der Waals surface area contributed by atoms with Crippen LogP contribution in [0.4, 0.5) is 5.69 Å². The number of carbonyl (C=O) groups is 1. The molecule has 2 nitrogen and oxygen atoms in total. The lowest BCUT2D eigenvalue weighted by molar-refractivity contribution is 0.104. The van der Waals surface area contributed by atoms with Gasteiger partial charge in [-0.1, -0.05) is 53.0 Å². The summed E-state index contributed by atoms with van der Waals surface area (Å²) < 4.78 is 0. The van der Waals surface area contributed by atoms with E-state index in [1.54, 1.807) is 36.5 Å². The zero-order valence-electron chi connectivity index (χ0n) is 10.9. The van der Waals surface area contributed by atoms with E-state index < -0.39 is 0 Å². The first-order chi connectivity index (χ1) is 9.56. The molecule has 0 aromatic heterocycles. The second-order valence-electron chi connectivity index (χ2n) is 4.33. The predicted molar refractivity (Wildman–Crippen MR) is 84.7 cm³/mol. The lowest BCUT2D eigenvalue weighted by atomic mass is 10.1. The minimum absolute atomic E-state index is 0.0671. The molecule has 0 aliphatic rings. The minimum atomic E-state index is -0.0671. The highest BCUT2D eigenvalue weighted by Gasteiger charge is 2.01. The van der Waals surface area contributed by atoms with E-state index in [0.29, 0.717) is 21.3 Å². The summed E-state index contributed by atoms with van der Waals surface area (Å²) in [6, 6.07) is 12.5. The van der Waals surface area contributed by atoms with Crippen molar-refractivity contribution in [3.63, 3.8) is 0 Å². The van der Waals surface area contributed by atoms with Crippen molar-refractivity contribution < 1.29 is 4.79 Å². The number of rotatable bonds is 4. The van der Waals surface area contributed by atoms with Crippen LogP contribution in [-0.2, 0) is 0 Å². The maximum Gasteiger partial charge on any atom is 0.187 e. The van der Waals surface area contributed by atoms with Crippen LogP contribution in [-0.4, -0.2) is 5.78 Å². The lowest BCUT2D eigenvalue weighted by Gasteiger charge is -2.03. The Labute approximate surface area is 128 Å². The van der Waals surface area contributed by atoms with Crippen LogP contribution in [0.3, 0.4) is 0 Å². The van der Waals surface area contributed by atoms with Gasteiger partial charge in [-0.3, -0.25) is 4.79 Å². The minimum Gasteiger partial charge on any atom is -0.360 e. The second kappa shape index (κ2) is 6.60. The van der Waals surface area contributed by atoms with Crippen molar-refractivity contribution >= 4 is 34.7 Å². The fraction of sp³-hybridized carbons (Fsp3) is 0.0625. The average Bonchev–Trinajstić information content (AvgIpc) is 2.42. The molecule has 2 aromatic carbocycles. The molecule has 0 atom stereocenters. The third-order valence-electron chi connectivity index (χ3n) is 2.74. The van der Waals surface area contributed by atoms with Gasteiger partial charge in [-0.2, -0.15) is 0 Å². The van der Waals surface area contributed by atoms with E-state index in [0.717, 1.165) is 5.56 Å². The van der Waals surface area contributed by atoms with Crippen LogP contribution in [0.2, 0.25) is 10.0 Å². The largest absolute Gasteiger partial charge is 0.360 e. The van der Waals surface area contributed by atoms with Crippen LogP contribution in [0.1, 0.15) is 15.9 Å². The summed E-state index contributed by atoms with van der Waals surface area (Å²) in [5.41, 5.74) is 2.47. The van der Waals surface area contributed by atoms with Gasteiger partial charge in [0.05, 0.1) is 10.7 Å². The highest BCUT2D eigenvalue weighted by Crippen LogP contribution is 2.25. The number of hydrogen-bond acceptors (Lipinski definition) is 2. The predicted octanol–water partition coefficient (Wildman–Crippen LogP) is 5.11. The molecule has 0 radical (unpaired) electrons. The highest BCUT2D eigenvalue weighted by molar-refractivity contribution is 6.36. The van der Waals surface area contributed by atoms with E-state index in [1.165, 1.54) is 6.08 Å². The summed E-state index contributed by atoms with van der Waals surface area (Å²) >= 11 is 11.8. The molecule has 102 valence electrons. The van der Waals surface area contributed by atoms with Gasteiger partial charge in [-0.25, -0.2) is 0 Å². The molecule has 2 aromatic rings. The normalized spacial score (nSPS) is 10.8. The van der Waals surface area contributed by atoms with Crippen molar-refractivity contribution in [1.82, 2.24) is 0 Å². The van der Waals surface area contributed by atoms with Gasteiger partial charge in [0.15, 0.2) is 5.78 Å². The highest BCUT2D eigenvalue weighted by atomic mass is 35.5. The Morgan fingerprint density at radius 2 is 1.80 bits per heavy atom. The van der Waals surface area contributed by atoms with Gasteiger partial charge in [0.2, 0.25) is 0 Å². The molecule has 0 bridgehead atoms. The number of aryl methyl sites for hydroxylation is 1. The molecule has 0 spiro atoms. The van der Waals surface area contributed by atoms with E-state index >= 15 is 0 Å². The number of ketones is 1. The van der Waals surface area contributed by atoms with Crippen molar-refractivity contribution in [2.45, 2.75) is 6.92 Å². The maximum atomic E-state index is 11.9. The topological polar surface area (TPSA) is 29.1 Å². The van der Waals surface area contributed by atoms with E-state index in [1.807, 2.05) is 19.1 Å². The Balaban J connectivity index is 2.02. The third-order valence-corrected chi connectivity index (χ3v) is 3.29. The number of nitrogens with one attached hydrogen (secondary N) is 1. The molecule has 1 N–H and O–H groups in total. The molecule has 2 rings (SSSR count). The molecule has 0 amide bonds. The average molecular weight is 306 g/mol. The monoisotopic (exact) mass is 305 g/mol. The quantitative estimate of drug-likeness (QED) is 0.628. The summed E-state index contributed by atoms with van der Waals surface area (Å²) in [7, 11) is 0. The molecule has 0 fully saturated rings. The van der Waals surface area contributed by atoms with Crippen molar-refractivity contribution in [3.8, 4) is 0 Å². The summed E-state index contributed by atoms with van der Waals surface area (Å²) in [6.45, 7) is 1.98. The van der Waals surface area contributed by atoms with Crippen LogP contribution in [0.25, 0.3) is 0 Å². The number of benzene rings is 2. The Hall–Kier alpha value is -1.77. The zero-order valence-corrected chi connectivity index (χ0v) is 12.4. The van der Waals surface area contributed by atoms with Crippen LogP contribution in [0.15, 0.2) is 54.7 Å². The Bertz CT molecular complexity index is 648. The fourth-order valence-corrected chi connectivity index (χ4v) is 2.09. The third kappa shape index (κ3) is 3.86. The van der Waals surface area contributed by atoms with Crippen LogP contribution in [0.5, 0.6) is 0 Å². The first kappa shape index (κ1) is 14.6. The van der Waals surface area contributed by atoms with Crippen molar-refractivity contribution in [2.75, 3.05) is 5.32 Å². The van der Waals surface area contributed by atoms with Crippen LogP contribution < -0.4 is 5.32 Å². The number of anilines is 1. The van der Waals surface area contributed by atoms with E-state index in [4.69, 9.17) is 23.2 Å². The number of halogens is 2. The van der Waals surface area contributed by atoms with Gasteiger partial charge in [0, 0.05) is 22.9 Å². The van der Waals surface area contributed by atoms with Gasteiger partial charge in [0.1, 0.15) is 0 Å². The molecule has 0 saturated carbocycles. The Morgan fingerprint density at radius 3 is 2.45 bits per heavy atom. The van der Waals surface area contributed by atoms with Crippen molar-refractivity contribution in [2.24, 2.45) is 0 Å². The SMILES string of the molecule is Cc1ccc(C(=O)C=CNc2ccc(Cl)cc2Cl)cc1. The summed E-state index contributed by atoms with van der Waals surface area (Å²) in [5.74, 6) is -0.0671. The molecule has 20 heavy (non-hydrogen) atoms. The van der Waals surface area contributed by atoms with Gasteiger partial charge in [-0.15, -0.1) is 0 Å². The lowest BCUT2D eigenvalue weighted by Crippen LogP contribution is -1.96. The second-order valence-corrected chi connectivity index (χ2v) is 5.18. The standard InChI is InChI=1S/C16H13Cl2NO/c1-11-2-4-12(5-3-11)16(20)8-9-19-15-7-6-13(17)10-14(15)18/h2-10,19H,1H3. The van der Waals surface area contributed by atoms with Crippen molar-refractivity contribution in [1.29, 1.82) is 0 Å². The van der Waals surface area contributed by atoms with E-state index in [2.05, 4.69) is 5.32 Å². The van der Waals surface area contributed by atoms with Gasteiger partial charge >= 0.3 is 0 Å². The van der Waals surface area contributed by atoms with Crippen molar-refractivity contribution in [3.05, 3.63) is 75.9 Å².